The van der Waals surface area contributed by atoms with Gasteiger partial charge in [0.05, 0.1) is 5.69 Å². The van der Waals surface area contributed by atoms with Gasteiger partial charge in [-0.3, -0.25) is 0 Å². The van der Waals surface area contributed by atoms with Gasteiger partial charge in [0, 0.05) is 17.6 Å². The fraction of sp³-hybridized carbons (Fsp3) is 0.600. The third-order valence-corrected chi connectivity index (χ3v) is 3.44. The van der Waals surface area contributed by atoms with Gasteiger partial charge in [0.15, 0.2) is 0 Å². The van der Waals surface area contributed by atoms with Crippen LogP contribution in [0.2, 0.25) is 0 Å². The first kappa shape index (κ1) is 13.1. The van der Waals surface area contributed by atoms with Gasteiger partial charge in [0.2, 0.25) is 0 Å². The van der Waals surface area contributed by atoms with Crippen LogP contribution in [0.4, 0.5) is 0 Å². The normalized spacial score (nSPS) is 13.5. The molecule has 1 unspecified atom stereocenters. The molecule has 2 rings (SSSR count). The first-order valence-corrected chi connectivity index (χ1v) is 6.72. The van der Waals surface area contributed by atoms with Gasteiger partial charge in [0.25, 0.3) is 0 Å². The molecule has 18 heavy (non-hydrogen) atoms. The zero-order valence-corrected chi connectivity index (χ0v) is 12.3. The fourth-order valence-electron chi connectivity index (χ4n) is 2.81. The van der Waals surface area contributed by atoms with Crippen molar-refractivity contribution in [1.82, 2.24) is 14.5 Å². The number of hydrogen-bond acceptors (Lipinski definition) is 2. The van der Waals surface area contributed by atoms with Gasteiger partial charge in [0.1, 0.15) is 11.5 Å². The predicted molar refractivity (Wildman–Crippen MR) is 75.9 cm³/mol. The third-order valence-electron chi connectivity index (χ3n) is 3.44. The fourth-order valence-corrected chi connectivity index (χ4v) is 2.81. The van der Waals surface area contributed by atoms with Crippen molar-refractivity contribution in [2.24, 2.45) is 5.92 Å². The Morgan fingerprint density at radius 2 is 1.78 bits per heavy atom. The molecule has 3 heteroatoms. The van der Waals surface area contributed by atoms with Gasteiger partial charge < -0.3 is 4.57 Å². The van der Waals surface area contributed by atoms with Crippen molar-refractivity contribution in [3.8, 4) is 0 Å². The number of rotatable bonds is 3. The highest BCUT2D eigenvalue weighted by atomic mass is 15.1. The van der Waals surface area contributed by atoms with Crippen LogP contribution in [-0.4, -0.2) is 14.5 Å². The maximum Gasteiger partial charge on any atom is 0.144 e. The lowest BCUT2D eigenvalue weighted by Crippen LogP contribution is -2.08. The highest BCUT2D eigenvalue weighted by Crippen LogP contribution is 2.27. The van der Waals surface area contributed by atoms with Crippen LogP contribution in [0, 0.1) is 26.7 Å². The molecule has 0 bridgehead atoms. The van der Waals surface area contributed by atoms with Crippen molar-refractivity contribution in [2.75, 3.05) is 0 Å². The summed E-state index contributed by atoms with van der Waals surface area (Å²) in [6, 6.07) is 0.481. The Balaban J connectivity index is 2.58. The summed E-state index contributed by atoms with van der Waals surface area (Å²) in [6.07, 6.45) is 3.39. The second kappa shape index (κ2) is 4.71. The molecule has 0 aliphatic rings. The zero-order chi connectivity index (χ0) is 13.4. The summed E-state index contributed by atoms with van der Waals surface area (Å²) >= 11 is 0. The number of hydrogen-bond donors (Lipinski definition) is 0. The average Bonchev–Trinajstić information content (AvgIpc) is 2.54. The second-order valence-corrected chi connectivity index (χ2v) is 5.75. The second-order valence-electron chi connectivity index (χ2n) is 5.75. The molecule has 0 saturated carbocycles. The highest BCUT2D eigenvalue weighted by Gasteiger charge is 2.15. The summed E-state index contributed by atoms with van der Waals surface area (Å²) in [5.74, 6) is 1.55. The van der Waals surface area contributed by atoms with Crippen molar-refractivity contribution < 1.29 is 0 Å². The number of aryl methyl sites for hydroxylation is 3. The molecule has 0 spiro atoms. The maximum atomic E-state index is 4.64. The van der Waals surface area contributed by atoms with Crippen molar-refractivity contribution in [3.05, 3.63) is 23.3 Å². The van der Waals surface area contributed by atoms with Gasteiger partial charge in [-0.05, 0) is 45.6 Å². The van der Waals surface area contributed by atoms with Crippen LogP contribution in [0.15, 0.2) is 6.20 Å². The third kappa shape index (κ3) is 2.26. The van der Waals surface area contributed by atoms with Gasteiger partial charge in [-0.15, -0.1) is 0 Å². The van der Waals surface area contributed by atoms with Crippen LogP contribution < -0.4 is 0 Å². The van der Waals surface area contributed by atoms with Crippen LogP contribution in [-0.2, 0) is 0 Å². The molecule has 0 fully saturated rings. The lowest BCUT2D eigenvalue weighted by Gasteiger charge is -2.17. The van der Waals surface area contributed by atoms with Crippen molar-refractivity contribution >= 4 is 11.0 Å². The van der Waals surface area contributed by atoms with Crippen molar-refractivity contribution in [1.29, 1.82) is 0 Å². The van der Waals surface area contributed by atoms with E-state index in [2.05, 4.69) is 55.4 Å². The summed E-state index contributed by atoms with van der Waals surface area (Å²) in [6.45, 7) is 13.0. The van der Waals surface area contributed by atoms with E-state index in [4.69, 9.17) is 0 Å². The molecule has 2 aromatic heterocycles. The SMILES string of the molecule is Cc1nc(C)c2c(C)cn(C(C)CC(C)C)c2n1. The Bertz CT molecular complexity index is 567. The minimum absolute atomic E-state index is 0.481. The van der Waals surface area contributed by atoms with E-state index in [1.807, 2.05) is 6.92 Å². The highest BCUT2D eigenvalue weighted by molar-refractivity contribution is 5.82. The first-order valence-electron chi connectivity index (χ1n) is 6.72. The Hall–Kier alpha value is -1.38. The number of fused-ring (bicyclic) bond motifs is 1. The Morgan fingerprint density at radius 3 is 2.39 bits per heavy atom. The molecule has 0 N–H and O–H groups in total. The van der Waals surface area contributed by atoms with E-state index in [9.17, 15) is 0 Å². The van der Waals surface area contributed by atoms with E-state index in [1.54, 1.807) is 0 Å². The maximum absolute atomic E-state index is 4.64. The van der Waals surface area contributed by atoms with Gasteiger partial charge >= 0.3 is 0 Å². The zero-order valence-electron chi connectivity index (χ0n) is 12.3. The number of aromatic nitrogens is 3. The van der Waals surface area contributed by atoms with Crippen LogP contribution >= 0.6 is 0 Å². The molecular formula is C15H23N3. The van der Waals surface area contributed by atoms with Gasteiger partial charge in [-0.25, -0.2) is 9.97 Å². The minimum atomic E-state index is 0.481. The molecule has 0 amide bonds. The van der Waals surface area contributed by atoms with Gasteiger partial charge in [-0.1, -0.05) is 13.8 Å². The molecule has 2 heterocycles. The summed E-state index contributed by atoms with van der Waals surface area (Å²) in [5.41, 5.74) is 3.45. The van der Waals surface area contributed by atoms with E-state index in [0.717, 1.165) is 17.2 Å². The molecule has 0 aliphatic heterocycles. The molecule has 2 aromatic rings. The standard InChI is InChI=1S/C15H23N3/c1-9(2)7-11(4)18-8-10(3)14-12(5)16-13(6)17-15(14)18/h8-9,11H,7H2,1-6H3. The van der Waals surface area contributed by atoms with E-state index in [0.29, 0.717) is 12.0 Å². The first-order chi connectivity index (χ1) is 8.40. The monoisotopic (exact) mass is 245 g/mol. The summed E-state index contributed by atoms with van der Waals surface area (Å²) in [7, 11) is 0. The Morgan fingerprint density at radius 1 is 1.11 bits per heavy atom. The molecule has 0 radical (unpaired) electrons. The molecule has 3 nitrogen and oxygen atoms in total. The summed E-state index contributed by atoms with van der Waals surface area (Å²) in [5, 5.41) is 1.22. The van der Waals surface area contributed by atoms with E-state index < -0.39 is 0 Å². The molecule has 0 saturated heterocycles. The van der Waals surface area contributed by atoms with Crippen molar-refractivity contribution in [3.63, 3.8) is 0 Å². The van der Waals surface area contributed by atoms with Crippen LogP contribution in [0.5, 0.6) is 0 Å². The van der Waals surface area contributed by atoms with E-state index >= 15 is 0 Å². The average molecular weight is 245 g/mol. The lowest BCUT2D eigenvalue weighted by molar-refractivity contribution is 0.435. The molecule has 98 valence electrons. The smallest absolute Gasteiger partial charge is 0.144 e. The lowest BCUT2D eigenvalue weighted by atomic mass is 10.1. The minimum Gasteiger partial charge on any atom is -0.329 e. The molecule has 0 aromatic carbocycles. The summed E-state index contributed by atoms with van der Waals surface area (Å²) in [4.78, 5) is 9.11. The van der Waals surface area contributed by atoms with E-state index in [-0.39, 0.29) is 0 Å². The molecule has 0 aliphatic carbocycles. The Labute approximate surface area is 109 Å². The quantitative estimate of drug-likeness (QED) is 0.819. The van der Waals surface area contributed by atoms with E-state index in [1.165, 1.54) is 17.4 Å². The largest absolute Gasteiger partial charge is 0.329 e. The molecular weight excluding hydrogens is 222 g/mol. The Kier molecular flexibility index (Phi) is 3.42. The topological polar surface area (TPSA) is 30.7 Å². The van der Waals surface area contributed by atoms with Gasteiger partial charge in [-0.2, -0.15) is 0 Å². The van der Waals surface area contributed by atoms with Crippen LogP contribution in [0.1, 0.15) is 50.3 Å². The van der Waals surface area contributed by atoms with Crippen LogP contribution in [0.25, 0.3) is 11.0 Å². The van der Waals surface area contributed by atoms with Crippen molar-refractivity contribution in [2.45, 2.75) is 54.0 Å². The molecule has 1 atom stereocenters. The predicted octanol–water partition coefficient (Wildman–Crippen LogP) is 3.96. The summed E-state index contributed by atoms with van der Waals surface area (Å²) < 4.78 is 2.31. The number of nitrogens with zero attached hydrogens (tertiary/aromatic N) is 3. The van der Waals surface area contributed by atoms with Crippen LogP contribution in [0.3, 0.4) is 0 Å².